The van der Waals surface area contributed by atoms with Crippen LogP contribution in [0.4, 0.5) is 0 Å². The molecule has 0 fully saturated rings. The van der Waals surface area contributed by atoms with Crippen LogP contribution in [0.25, 0.3) is 17.8 Å². The summed E-state index contributed by atoms with van der Waals surface area (Å²) in [7, 11) is 0. The van der Waals surface area contributed by atoms with Crippen LogP contribution < -0.4 is 24.9 Å². The maximum absolute atomic E-state index is 12.5. The monoisotopic (exact) mass is 440 g/mol. The van der Waals surface area contributed by atoms with Crippen LogP contribution >= 0.6 is 22.9 Å². The second-order valence-corrected chi connectivity index (χ2v) is 8.01. The Kier molecular flexibility index (Phi) is 4.45. The Hall–Kier alpha value is -3.36. The van der Waals surface area contributed by atoms with E-state index < -0.39 is 5.91 Å². The Morgan fingerprint density at radius 3 is 2.53 bits per heavy atom. The Morgan fingerprint density at radius 1 is 1.10 bits per heavy atom. The van der Waals surface area contributed by atoms with Crippen molar-refractivity contribution in [1.29, 1.82) is 0 Å². The Balaban J connectivity index is 1.60. The third kappa shape index (κ3) is 3.20. The van der Waals surface area contributed by atoms with Crippen LogP contribution in [0.2, 0.25) is 5.02 Å². The molecule has 3 aromatic rings. The molecule has 1 aromatic heterocycles. The van der Waals surface area contributed by atoms with Gasteiger partial charge in [0.1, 0.15) is 13.2 Å². The number of ether oxygens (including phenoxy) is 2. The molecule has 1 N–H and O–H groups in total. The molecule has 1 amide bonds. The van der Waals surface area contributed by atoms with Gasteiger partial charge in [-0.15, -0.1) is 0 Å². The molecule has 0 atom stereocenters. The zero-order chi connectivity index (χ0) is 20.8. The van der Waals surface area contributed by atoms with Crippen LogP contribution in [0, 0.1) is 0 Å². The molecule has 2 aliphatic rings. The minimum absolute atomic E-state index is 0.249. The SMILES string of the molecule is O=C1N=c2cc3c(cc2=CC1=Cc1sc(=O)n(-c2ccc(Cl)cc2)c1O)OCCO3. The van der Waals surface area contributed by atoms with E-state index in [1.165, 1.54) is 6.08 Å². The molecule has 5 rings (SSSR count). The van der Waals surface area contributed by atoms with Gasteiger partial charge in [0.2, 0.25) is 5.88 Å². The van der Waals surface area contributed by atoms with Gasteiger partial charge in [0.25, 0.3) is 5.91 Å². The second-order valence-electron chi connectivity index (χ2n) is 6.58. The normalized spacial score (nSPS) is 16.0. The molecule has 9 heteroatoms. The van der Waals surface area contributed by atoms with Crippen LogP contribution in [0.15, 0.2) is 51.8 Å². The number of amides is 1. The first-order valence-corrected chi connectivity index (χ1v) is 10.2. The predicted molar refractivity (Wildman–Crippen MR) is 112 cm³/mol. The quantitative estimate of drug-likeness (QED) is 0.616. The lowest BCUT2D eigenvalue weighted by Gasteiger charge is -2.18. The largest absolute Gasteiger partial charge is 0.493 e. The molecule has 0 unspecified atom stereocenters. The first-order valence-electron chi connectivity index (χ1n) is 8.96. The standard InChI is InChI=1S/C21H13ClN2O5S/c22-13-1-3-14(4-2-13)24-20(26)18(30-21(24)27)9-12-7-11-8-16-17(29-6-5-28-16)10-15(11)23-19(12)25/h1-4,7-10,26H,5-6H2. The van der Waals surface area contributed by atoms with Crippen molar-refractivity contribution in [3.05, 3.63) is 72.1 Å². The van der Waals surface area contributed by atoms with Crippen molar-refractivity contribution in [3.63, 3.8) is 0 Å². The summed E-state index contributed by atoms with van der Waals surface area (Å²) >= 11 is 6.72. The van der Waals surface area contributed by atoms with Gasteiger partial charge in [-0.25, -0.2) is 9.56 Å². The van der Waals surface area contributed by atoms with E-state index in [0.29, 0.717) is 46.0 Å². The number of carbonyl (C=O) groups excluding carboxylic acids is 1. The summed E-state index contributed by atoms with van der Waals surface area (Å²) in [5, 5.41) is 12.3. The topological polar surface area (TPSA) is 90.1 Å². The Bertz CT molecular complexity index is 1400. The number of hydrogen-bond acceptors (Lipinski definition) is 6. The van der Waals surface area contributed by atoms with Crippen LogP contribution in [0.3, 0.4) is 0 Å². The first-order chi connectivity index (χ1) is 14.5. The maximum atomic E-state index is 12.5. The number of thiazole rings is 1. The van der Waals surface area contributed by atoms with Crippen molar-refractivity contribution in [1.82, 2.24) is 4.57 Å². The zero-order valence-corrected chi connectivity index (χ0v) is 16.9. The van der Waals surface area contributed by atoms with Gasteiger partial charge in [-0.1, -0.05) is 22.9 Å². The highest BCUT2D eigenvalue weighted by Crippen LogP contribution is 2.29. The van der Waals surface area contributed by atoms with E-state index >= 15 is 0 Å². The van der Waals surface area contributed by atoms with Crippen molar-refractivity contribution >= 4 is 41.0 Å². The number of hydrogen-bond donors (Lipinski definition) is 1. The molecule has 3 heterocycles. The van der Waals surface area contributed by atoms with Gasteiger partial charge in [0.15, 0.2) is 11.5 Å². The summed E-state index contributed by atoms with van der Waals surface area (Å²) < 4.78 is 12.3. The number of halogens is 1. The molecule has 0 aliphatic carbocycles. The fraction of sp³-hybridized carbons (Fsp3) is 0.0952. The number of nitrogens with zero attached hydrogens (tertiary/aromatic N) is 2. The van der Waals surface area contributed by atoms with Gasteiger partial charge in [-0.2, -0.15) is 0 Å². The summed E-state index contributed by atoms with van der Waals surface area (Å²) in [5.41, 5.74) is 0.722. The summed E-state index contributed by atoms with van der Waals surface area (Å²) in [6.45, 7) is 0.891. The first kappa shape index (κ1) is 18.7. The average Bonchev–Trinajstić information content (AvgIpc) is 3.01. The molecule has 0 bridgehead atoms. The van der Waals surface area contributed by atoms with E-state index in [-0.39, 0.29) is 21.2 Å². The smallest absolute Gasteiger partial charge is 0.315 e. The fourth-order valence-corrected chi connectivity index (χ4v) is 4.21. The number of rotatable bonds is 2. The van der Waals surface area contributed by atoms with Crippen molar-refractivity contribution in [2.24, 2.45) is 4.99 Å². The molecule has 0 saturated carbocycles. The summed E-state index contributed by atoms with van der Waals surface area (Å²) in [6, 6.07) is 9.93. The molecule has 7 nitrogen and oxygen atoms in total. The second kappa shape index (κ2) is 7.16. The highest BCUT2D eigenvalue weighted by atomic mass is 35.5. The van der Waals surface area contributed by atoms with E-state index in [2.05, 4.69) is 4.99 Å². The lowest BCUT2D eigenvalue weighted by Crippen LogP contribution is -2.32. The Morgan fingerprint density at radius 2 is 1.80 bits per heavy atom. The van der Waals surface area contributed by atoms with Gasteiger partial charge in [0.05, 0.1) is 15.9 Å². The Labute approximate surface area is 178 Å². The summed E-state index contributed by atoms with van der Waals surface area (Å²) in [5.74, 6) is 0.404. The zero-order valence-electron chi connectivity index (χ0n) is 15.3. The number of benzene rings is 2. The maximum Gasteiger partial charge on any atom is 0.315 e. The molecule has 0 saturated heterocycles. The van der Waals surface area contributed by atoms with Crippen molar-refractivity contribution in [2.45, 2.75) is 0 Å². The van der Waals surface area contributed by atoms with Gasteiger partial charge in [-0.05, 0) is 42.5 Å². The molecule has 0 radical (unpaired) electrons. The number of aromatic nitrogens is 1. The van der Waals surface area contributed by atoms with E-state index in [1.54, 1.807) is 42.5 Å². The number of fused-ring (bicyclic) bond motifs is 2. The van der Waals surface area contributed by atoms with E-state index in [0.717, 1.165) is 15.9 Å². The third-order valence-electron chi connectivity index (χ3n) is 4.65. The van der Waals surface area contributed by atoms with Crippen LogP contribution in [-0.2, 0) is 4.79 Å². The molecular weight excluding hydrogens is 428 g/mol. The highest BCUT2D eigenvalue weighted by Gasteiger charge is 2.19. The van der Waals surface area contributed by atoms with Gasteiger partial charge in [-0.3, -0.25) is 9.59 Å². The lowest BCUT2D eigenvalue weighted by molar-refractivity contribution is -0.114. The minimum Gasteiger partial charge on any atom is -0.493 e. The molecular formula is C21H13ClN2O5S. The van der Waals surface area contributed by atoms with Gasteiger partial charge >= 0.3 is 4.87 Å². The highest BCUT2D eigenvalue weighted by molar-refractivity contribution is 7.10. The van der Waals surface area contributed by atoms with E-state index in [4.69, 9.17) is 21.1 Å². The average molecular weight is 441 g/mol. The molecule has 150 valence electrons. The van der Waals surface area contributed by atoms with Crippen molar-refractivity contribution < 1.29 is 19.4 Å². The third-order valence-corrected chi connectivity index (χ3v) is 5.78. The predicted octanol–water partition coefficient (Wildman–Crippen LogP) is 2.05. The van der Waals surface area contributed by atoms with Crippen LogP contribution in [0.1, 0.15) is 4.88 Å². The minimum atomic E-state index is -0.475. The van der Waals surface area contributed by atoms with Crippen molar-refractivity contribution in [3.8, 4) is 23.1 Å². The molecule has 0 spiro atoms. The van der Waals surface area contributed by atoms with Crippen molar-refractivity contribution in [2.75, 3.05) is 13.2 Å². The van der Waals surface area contributed by atoms with E-state index in [1.807, 2.05) is 0 Å². The van der Waals surface area contributed by atoms with Gasteiger partial charge in [0, 0.05) is 21.9 Å². The number of aromatic hydroxyl groups is 1. The van der Waals surface area contributed by atoms with Crippen LogP contribution in [-0.4, -0.2) is 28.8 Å². The lowest BCUT2D eigenvalue weighted by atomic mass is 10.1. The number of carbonyl (C=O) groups is 1. The molecule has 30 heavy (non-hydrogen) atoms. The summed E-state index contributed by atoms with van der Waals surface area (Å²) in [6.07, 6.45) is 3.11. The van der Waals surface area contributed by atoms with Crippen LogP contribution in [0.5, 0.6) is 17.4 Å². The summed E-state index contributed by atoms with van der Waals surface area (Å²) in [4.78, 5) is 28.9. The molecule has 2 aromatic carbocycles. The van der Waals surface area contributed by atoms with Gasteiger partial charge < -0.3 is 14.6 Å². The van der Waals surface area contributed by atoms with E-state index in [9.17, 15) is 14.7 Å². The fourth-order valence-electron chi connectivity index (χ4n) is 3.25. The molecule has 2 aliphatic heterocycles.